The highest BCUT2D eigenvalue weighted by Gasteiger charge is 2.06. The van der Waals surface area contributed by atoms with E-state index in [1.807, 2.05) is 43.0 Å². The number of aromatic nitrogens is 4. The van der Waals surface area contributed by atoms with Crippen LogP contribution in [-0.4, -0.2) is 33.8 Å². The van der Waals surface area contributed by atoms with Crippen LogP contribution in [0.2, 0.25) is 0 Å². The molecule has 0 aromatic carbocycles. The minimum atomic E-state index is 0.701. The molecule has 0 aliphatic heterocycles. The molecule has 2 heterocycles. The Morgan fingerprint density at radius 3 is 2.84 bits per heavy atom. The maximum atomic E-state index is 4.43. The van der Waals surface area contributed by atoms with Crippen LogP contribution in [0.15, 0.2) is 18.5 Å². The van der Waals surface area contributed by atoms with Crippen LogP contribution < -0.4 is 10.2 Å². The molecule has 0 spiro atoms. The Morgan fingerprint density at radius 1 is 1.37 bits per heavy atom. The van der Waals surface area contributed by atoms with Gasteiger partial charge in [-0.05, 0) is 12.5 Å². The highest BCUT2D eigenvalue weighted by molar-refractivity contribution is 5.41. The van der Waals surface area contributed by atoms with E-state index >= 15 is 0 Å². The second-order valence-corrected chi connectivity index (χ2v) is 4.62. The number of hydrogen-bond acceptors (Lipinski definition) is 5. The topological polar surface area (TPSA) is 58.9 Å². The molecule has 0 fully saturated rings. The van der Waals surface area contributed by atoms with Crippen LogP contribution in [0.5, 0.6) is 0 Å². The van der Waals surface area contributed by atoms with E-state index in [9.17, 15) is 0 Å². The summed E-state index contributed by atoms with van der Waals surface area (Å²) in [6.07, 6.45) is 4.74. The number of nitrogens with one attached hydrogen (secondary N) is 1. The van der Waals surface area contributed by atoms with Gasteiger partial charge in [-0.2, -0.15) is 10.1 Å². The van der Waals surface area contributed by atoms with E-state index in [1.165, 1.54) is 5.56 Å². The predicted octanol–water partition coefficient (Wildman–Crippen LogP) is 1.45. The first-order valence-corrected chi connectivity index (χ1v) is 6.35. The SMILES string of the molecule is CCc1nn(C)cc1CNc1ccnc(N(C)C)n1. The van der Waals surface area contributed by atoms with Gasteiger partial charge in [-0.25, -0.2) is 4.98 Å². The van der Waals surface area contributed by atoms with Crippen LogP contribution >= 0.6 is 0 Å². The highest BCUT2D eigenvalue weighted by Crippen LogP contribution is 2.12. The fourth-order valence-electron chi connectivity index (χ4n) is 1.88. The zero-order valence-electron chi connectivity index (χ0n) is 11.9. The molecule has 0 aliphatic rings. The largest absolute Gasteiger partial charge is 0.366 e. The molecule has 0 unspecified atom stereocenters. The molecule has 0 saturated carbocycles. The average molecular weight is 260 g/mol. The van der Waals surface area contributed by atoms with Gasteiger partial charge in [0, 0.05) is 45.6 Å². The van der Waals surface area contributed by atoms with Crippen molar-refractivity contribution in [1.29, 1.82) is 0 Å². The van der Waals surface area contributed by atoms with Crippen LogP contribution in [-0.2, 0) is 20.0 Å². The zero-order chi connectivity index (χ0) is 13.8. The quantitative estimate of drug-likeness (QED) is 0.881. The molecule has 2 aromatic rings. The van der Waals surface area contributed by atoms with E-state index < -0.39 is 0 Å². The number of aryl methyl sites for hydroxylation is 2. The summed E-state index contributed by atoms with van der Waals surface area (Å²) >= 11 is 0. The summed E-state index contributed by atoms with van der Waals surface area (Å²) in [6.45, 7) is 2.83. The molecular formula is C13H20N6. The molecule has 0 atom stereocenters. The molecule has 2 rings (SSSR count). The molecule has 102 valence electrons. The summed E-state index contributed by atoms with van der Waals surface area (Å²) in [5, 5.41) is 7.74. The van der Waals surface area contributed by atoms with Gasteiger partial charge >= 0.3 is 0 Å². The lowest BCUT2D eigenvalue weighted by Gasteiger charge is -2.11. The summed E-state index contributed by atoms with van der Waals surface area (Å²) in [5.74, 6) is 1.52. The lowest BCUT2D eigenvalue weighted by molar-refractivity contribution is 0.746. The molecule has 6 nitrogen and oxygen atoms in total. The van der Waals surface area contributed by atoms with Gasteiger partial charge in [0.05, 0.1) is 5.69 Å². The van der Waals surface area contributed by atoms with Crippen molar-refractivity contribution in [2.24, 2.45) is 7.05 Å². The Labute approximate surface area is 113 Å². The summed E-state index contributed by atoms with van der Waals surface area (Å²) < 4.78 is 1.85. The third-order valence-electron chi connectivity index (χ3n) is 2.83. The standard InChI is InChI=1S/C13H20N6/c1-5-11-10(9-19(4)17-11)8-15-12-6-7-14-13(16-12)18(2)3/h6-7,9H,5,8H2,1-4H3,(H,14,15,16). The normalized spacial score (nSPS) is 10.5. The van der Waals surface area contributed by atoms with Gasteiger partial charge in [-0.3, -0.25) is 4.68 Å². The predicted molar refractivity (Wildman–Crippen MR) is 76.3 cm³/mol. The molecule has 0 radical (unpaired) electrons. The van der Waals surface area contributed by atoms with E-state index in [0.717, 1.165) is 24.5 Å². The fraction of sp³-hybridized carbons (Fsp3) is 0.462. The third kappa shape index (κ3) is 3.21. The van der Waals surface area contributed by atoms with E-state index in [2.05, 4.69) is 27.3 Å². The first-order chi connectivity index (χ1) is 9.10. The van der Waals surface area contributed by atoms with Crippen molar-refractivity contribution in [1.82, 2.24) is 19.7 Å². The van der Waals surface area contributed by atoms with Crippen LogP contribution in [0.1, 0.15) is 18.2 Å². The van der Waals surface area contributed by atoms with E-state index in [0.29, 0.717) is 5.95 Å². The first-order valence-electron chi connectivity index (χ1n) is 6.35. The lowest BCUT2D eigenvalue weighted by atomic mass is 10.2. The molecule has 0 saturated heterocycles. The minimum absolute atomic E-state index is 0.701. The molecule has 6 heteroatoms. The van der Waals surface area contributed by atoms with Crippen LogP contribution in [0, 0.1) is 0 Å². The van der Waals surface area contributed by atoms with Gasteiger partial charge in [-0.15, -0.1) is 0 Å². The van der Waals surface area contributed by atoms with Crippen molar-refractivity contribution in [2.45, 2.75) is 19.9 Å². The maximum Gasteiger partial charge on any atom is 0.226 e. The van der Waals surface area contributed by atoms with Crippen molar-refractivity contribution in [3.05, 3.63) is 29.7 Å². The second kappa shape index (κ2) is 5.69. The molecule has 2 aromatic heterocycles. The van der Waals surface area contributed by atoms with Gasteiger partial charge < -0.3 is 10.2 Å². The molecule has 0 amide bonds. The van der Waals surface area contributed by atoms with Crippen molar-refractivity contribution in [3.8, 4) is 0 Å². The molecular weight excluding hydrogens is 240 g/mol. The Balaban J connectivity index is 2.07. The average Bonchev–Trinajstić information content (AvgIpc) is 2.77. The number of anilines is 2. The minimum Gasteiger partial charge on any atom is -0.366 e. The number of hydrogen-bond donors (Lipinski definition) is 1. The monoisotopic (exact) mass is 260 g/mol. The van der Waals surface area contributed by atoms with Crippen molar-refractivity contribution >= 4 is 11.8 Å². The summed E-state index contributed by atoms with van der Waals surface area (Å²) in [5.41, 5.74) is 2.33. The van der Waals surface area contributed by atoms with E-state index in [-0.39, 0.29) is 0 Å². The van der Waals surface area contributed by atoms with Crippen LogP contribution in [0.3, 0.4) is 0 Å². The summed E-state index contributed by atoms with van der Waals surface area (Å²) in [7, 11) is 5.79. The number of nitrogens with zero attached hydrogens (tertiary/aromatic N) is 5. The summed E-state index contributed by atoms with van der Waals surface area (Å²) in [4.78, 5) is 10.5. The third-order valence-corrected chi connectivity index (χ3v) is 2.83. The Kier molecular flexibility index (Phi) is 3.99. The second-order valence-electron chi connectivity index (χ2n) is 4.62. The van der Waals surface area contributed by atoms with E-state index in [4.69, 9.17) is 0 Å². The van der Waals surface area contributed by atoms with Crippen molar-refractivity contribution in [3.63, 3.8) is 0 Å². The fourth-order valence-corrected chi connectivity index (χ4v) is 1.88. The lowest BCUT2D eigenvalue weighted by Crippen LogP contribution is -2.13. The Hall–Kier alpha value is -2.11. The van der Waals surface area contributed by atoms with Crippen molar-refractivity contribution in [2.75, 3.05) is 24.3 Å². The van der Waals surface area contributed by atoms with E-state index in [1.54, 1.807) is 6.20 Å². The zero-order valence-corrected chi connectivity index (χ0v) is 11.9. The van der Waals surface area contributed by atoms with Gasteiger partial charge in [-0.1, -0.05) is 6.92 Å². The number of rotatable bonds is 5. The van der Waals surface area contributed by atoms with Gasteiger partial charge in [0.2, 0.25) is 5.95 Å². The highest BCUT2D eigenvalue weighted by atomic mass is 15.3. The Bertz CT molecular complexity index is 546. The molecule has 0 aliphatic carbocycles. The van der Waals surface area contributed by atoms with Crippen LogP contribution in [0.4, 0.5) is 11.8 Å². The first kappa shape index (κ1) is 13.3. The summed E-state index contributed by atoms with van der Waals surface area (Å²) in [6, 6.07) is 1.87. The van der Waals surface area contributed by atoms with Gasteiger partial charge in [0.1, 0.15) is 5.82 Å². The molecule has 0 bridgehead atoms. The van der Waals surface area contributed by atoms with Crippen LogP contribution in [0.25, 0.3) is 0 Å². The van der Waals surface area contributed by atoms with Gasteiger partial charge in [0.15, 0.2) is 0 Å². The smallest absolute Gasteiger partial charge is 0.226 e. The molecule has 19 heavy (non-hydrogen) atoms. The Morgan fingerprint density at radius 2 is 2.16 bits per heavy atom. The molecule has 1 N–H and O–H groups in total. The van der Waals surface area contributed by atoms with Crippen molar-refractivity contribution < 1.29 is 0 Å². The van der Waals surface area contributed by atoms with Gasteiger partial charge in [0.25, 0.3) is 0 Å². The maximum absolute atomic E-state index is 4.43.